The Morgan fingerprint density at radius 1 is 1.08 bits per heavy atom. The molecule has 2 aromatic rings. The maximum absolute atomic E-state index is 11.7. The third kappa shape index (κ3) is 3.15. The van der Waals surface area contributed by atoms with Gasteiger partial charge in [0.05, 0.1) is 5.69 Å². The first-order chi connectivity index (χ1) is 12.1. The predicted octanol–water partition coefficient (Wildman–Crippen LogP) is 4.39. The Hall–Kier alpha value is -1.94. The normalized spacial score (nSPS) is 17.0. The monoisotopic (exact) mass is 396 g/mol. The van der Waals surface area contributed by atoms with E-state index in [4.69, 9.17) is 4.98 Å². The van der Waals surface area contributed by atoms with E-state index >= 15 is 0 Å². The van der Waals surface area contributed by atoms with Gasteiger partial charge in [0.1, 0.15) is 0 Å². The third-order valence-electron chi connectivity index (χ3n) is 5.29. The fourth-order valence-corrected chi connectivity index (χ4v) is 4.38. The minimum Gasteiger partial charge on any atom is -0.342 e. The number of carbonyl (C=O) groups excluding carboxylic acids is 1. The number of amides is 1. The van der Waals surface area contributed by atoms with Crippen LogP contribution in [-0.2, 0) is 17.6 Å². The summed E-state index contributed by atoms with van der Waals surface area (Å²) in [6.07, 6.45) is 5.81. The summed E-state index contributed by atoms with van der Waals surface area (Å²) < 4.78 is 1.13. The molecule has 0 spiro atoms. The molecule has 0 saturated carbocycles. The van der Waals surface area contributed by atoms with Crippen LogP contribution < -0.4 is 0 Å². The van der Waals surface area contributed by atoms with Gasteiger partial charge in [-0.1, -0.05) is 33.6 Å². The van der Waals surface area contributed by atoms with E-state index in [2.05, 4.69) is 40.2 Å². The zero-order chi connectivity index (χ0) is 17.4. The van der Waals surface area contributed by atoms with E-state index in [1.165, 1.54) is 27.8 Å². The smallest absolute Gasteiger partial charge is 0.219 e. The first-order valence-electron chi connectivity index (χ1n) is 8.84. The summed E-state index contributed by atoms with van der Waals surface area (Å²) >= 11 is 3.61. The molecule has 1 fully saturated rings. The topological polar surface area (TPSA) is 33.2 Å². The van der Waals surface area contributed by atoms with Gasteiger partial charge in [-0.15, -0.1) is 0 Å². The number of fused-ring (bicyclic) bond motifs is 2. The zero-order valence-corrected chi connectivity index (χ0v) is 16.0. The summed E-state index contributed by atoms with van der Waals surface area (Å²) in [7, 11) is 0. The van der Waals surface area contributed by atoms with Gasteiger partial charge in [-0.3, -0.25) is 9.78 Å². The SMILES string of the molecule is CC(=O)N1CCC(=C2c3ccc(Br)cc3CCc3cccnc32)CC1. The number of pyridine rings is 1. The quantitative estimate of drug-likeness (QED) is 0.661. The molecule has 128 valence electrons. The molecular formula is C21H21BrN2O. The lowest BCUT2D eigenvalue weighted by atomic mass is 9.88. The van der Waals surface area contributed by atoms with Crippen LogP contribution in [0.1, 0.15) is 42.1 Å². The molecule has 2 aliphatic rings. The molecule has 0 radical (unpaired) electrons. The van der Waals surface area contributed by atoms with E-state index in [-0.39, 0.29) is 5.91 Å². The second kappa shape index (κ2) is 6.75. The van der Waals surface area contributed by atoms with Crippen molar-refractivity contribution in [1.29, 1.82) is 0 Å². The number of piperidine rings is 1. The molecule has 1 saturated heterocycles. The van der Waals surface area contributed by atoms with Gasteiger partial charge in [0.2, 0.25) is 5.91 Å². The number of hydrogen-bond donors (Lipinski definition) is 0. The van der Waals surface area contributed by atoms with Crippen LogP contribution >= 0.6 is 15.9 Å². The Balaban J connectivity index is 1.86. The van der Waals surface area contributed by atoms with Crippen molar-refractivity contribution >= 4 is 27.4 Å². The van der Waals surface area contributed by atoms with E-state index in [0.717, 1.165) is 48.9 Å². The number of rotatable bonds is 0. The summed E-state index contributed by atoms with van der Waals surface area (Å²) in [5.74, 6) is 0.174. The van der Waals surface area contributed by atoms with Crippen molar-refractivity contribution in [2.45, 2.75) is 32.6 Å². The number of nitrogens with zero attached hydrogens (tertiary/aromatic N) is 2. The molecule has 1 aromatic carbocycles. The van der Waals surface area contributed by atoms with Gasteiger partial charge in [0.25, 0.3) is 0 Å². The highest BCUT2D eigenvalue weighted by Crippen LogP contribution is 2.38. The number of aromatic nitrogens is 1. The summed E-state index contributed by atoms with van der Waals surface area (Å²) in [5, 5.41) is 0. The van der Waals surface area contributed by atoms with Gasteiger partial charge in [-0.2, -0.15) is 0 Å². The molecule has 25 heavy (non-hydrogen) atoms. The van der Waals surface area contributed by atoms with Crippen LogP contribution in [0.4, 0.5) is 0 Å². The van der Waals surface area contributed by atoms with E-state index in [1.54, 1.807) is 6.92 Å². The number of halogens is 1. The molecule has 3 nitrogen and oxygen atoms in total. The molecule has 0 bridgehead atoms. The van der Waals surface area contributed by atoms with Crippen LogP contribution in [0.25, 0.3) is 5.57 Å². The molecule has 1 aliphatic heterocycles. The lowest BCUT2D eigenvalue weighted by Gasteiger charge is -2.29. The van der Waals surface area contributed by atoms with Gasteiger partial charge >= 0.3 is 0 Å². The molecule has 0 unspecified atom stereocenters. The number of carbonyl (C=O) groups is 1. The van der Waals surface area contributed by atoms with Crippen molar-refractivity contribution < 1.29 is 4.79 Å². The minimum absolute atomic E-state index is 0.174. The summed E-state index contributed by atoms with van der Waals surface area (Å²) in [6.45, 7) is 3.28. The molecule has 1 amide bonds. The average Bonchev–Trinajstić information content (AvgIpc) is 2.78. The van der Waals surface area contributed by atoms with E-state index in [1.807, 2.05) is 17.2 Å². The first-order valence-corrected chi connectivity index (χ1v) is 9.63. The molecular weight excluding hydrogens is 376 g/mol. The summed E-state index contributed by atoms with van der Waals surface area (Å²) in [6, 6.07) is 10.8. The average molecular weight is 397 g/mol. The van der Waals surface area contributed by atoms with E-state index < -0.39 is 0 Å². The number of benzene rings is 1. The Morgan fingerprint density at radius 3 is 2.60 bits per heavy atom. The highest BCUT2D eigenvalue weighted by Gasteiger charge is 2.25. The third-order valence-corrected chi connectivity index (χ3v) is 5.79. The Bertz CT molecular complexity index is 862. The fraction of sp³-hybridized carbons (Fsp3) is 0.333. The lowest BCUT2D eigenvalue weighted by molar-refractivity contribution is -0.129. The van der Waals surface area contributed by atoms with Crippen LogP contribution in [-0.4, -0.2) is 28.9 Å². The van der Waals surface area contributed by atoms with Gasteiger partial charge in [-0.05, 0) is 60.6 Å². The Kier molecular flexibility index (Phi) is 4.46. The van der Waals surface area contributed by atoms with Crippen LogP contribution in [0.3, 0.4) is 0 Å². The van der Waals surface area contributed by atoms with Crippen LogP contribution in [0.2, 0.25) is 0 Å². The predicted molar refractivity (Wildman–Crippen MR) is 103 cm³/mol. The zero-order valence-electron chi connectivity index (χ0n) is 14.4. The maximum atomic E-state index is 11.7. The summed E-state index contributed by atoms with van der Waals surface area (Å²) in [5.41, 5.74) is 7.89. The van der Waals surface area contributed by atoms with Crippen molar-refractivity contribution in [3.8, 4) is 0 Å². The second-order valence-corrected chi connectivity index (χ2v) is 7.71. The highest BCUT2D eigenvalue weighted by molar-refractivity contribution is 9.10. The number of likely N-dealkylation sites (tertiary alicyclic amines) is 1. The van der Waals surface area contributed by atoms with Gasteiger partial charge in [0, 0.05) is 36.3 Å². The van der Waals surface area contributed by atoms with Crippen LogP contribution in [0.5, 0.6) is 0 Å². The van der Waals surface area contributed by atoms with Crippen molar-refractivity contribution in [1.82, 2.24) is 9.88 Å². The second-order valence-electron chi connectivity index (χ2n) is 6.80. The molecule has 0 N–H and O–H groups in total. The van der Waals surface area contributed by atoms with Crippen molar-refractivity contribution in [3.63, 3.8) is 0 Å². The largest absolute Gasteiger partial charge is 0.342 e. The molecule has 1 aromatic heterocycles. The lowest BCUT2D eigenvalue weighted by Crippen LogP contribution is -2.34. The van der Waals surface area contributed by atoms with Crippen molar-refractivity contribution in [2.24, 2.45) is 0 Å². The van der Waals surface area contributed by atoms with Crippen LogP contribution in [0, 0.1) is 0 Å². The summed E-state index contributed by atoms with van der Waals surface area (Å²) in [4.78, 5) is 18.4. The van der Waals surface area contributed by atoms with Gasteiger partial charge < -0.3 is 4.90 Å². The molecule has 0 atom stereocenters. The molecule has 4 rings (SSSR count). The Labute approximate surface area is 156 Å². The molecule has 1 aliphatic carbocycles. The van der Waals surface area contributed by atoms with Gasteiger partial charge in [-0.25, -0.2) is 0 Å². The minimum atomic E-state index is 0.174. The van der Waals surface area contributed by atoms with Crippen molar-refractivity contribution in [3.05, 3.63) is 69.0 Å². The maximum Gasteiger partial charge on any atom is 0.219 e. The number of hydrogen-bond acceptors (Lipinski definition) is 2. The van der Waals surface area contributed by atoms with E-state index in [9.17, 15) is 4.79 Å². The van der Waals surface area contributed by atoms with Gasteiger partial charge in [0.15, 0.2) is 0 Å². The van der Waals surface area contributed by atoms with E-state index in [0.29, 0.717) is 0 Å². The Morgan fingerprint density at radius 2 is 1.84 bits per heavy atom. The number of aryl methyl sites for hydroxylation is 2. The standard InChI is InChI=1S/C21H21BrN2O/c1-14(25)24-11-8-15(9-12-24)20-19-7-6-18(22)13-17(19)5-4-16-3-2-10-23-21(16)20/h2-3,6-7,10,13H,4-5,8-9,11-12H2,1H3. The van der Waals surface area contributed by atoms with Crippen LogP contribution in [0.15, 0.2) is 46.6 Å². The fourth-order valence-electron chi connectivity index (χ4n) is 3.97. The molecule has 2 heterocycles. The first kappa shape index (κ1) is 16.5. The molecule has 4 heteroatoms. The highest BCUT2D eigenvalue weighted by atomic mass is 79.9. The van der Waals surface area contributed by atoms with Crippen molar-refractivity contribution in [2.75, 3.05) is 13.1 Å².